The minimum atomic E-state index is 0.421. The largest absolute Gasteiger partial charge is 0.191 e. The first-order valence-electron chi connectivity index (χ1n) is 5.78. The third kappa shape index (κ3) is 2.33. The molecule has 0 saturated heterocycles. The Morgan fingerprint density at radius 3 is 2.39 bits per heavy atom. The topological polar surface area (TPSA) is 43.1 Å². The van der Waals surface area contributed by atoms with E-state index >= 15 is 0 Å². The van der Waals surface area contributed by atoms with Gasteiger partial charge in [-0.15, -0.1) is 10.2 Å². The van der Waals surface area contributed by atoms with E-state index < -0.39 is 0 Å². The first-order valence-corrected chi connectivity index (χ1v) is 6.16. The Bertz CT molecular complexity index is 634. The lowest BCUT2D eigenvalue weighted by Crippen LogP contribution is -1.94. The first kappa shape index (κ1) is 12.5. The van der Waals surface area contributed by atoms with Crippen molar-refractivity contribution in [3.05, 3.63) is 47.6 Å². The SMILES string of the molecule is CC.Clc1ccc2nnc(-c3ccccc3)n2n1. The standard InChI is InChI=1S/C11H7ClN4.C2H6/c12-9-6-7-10-13-14-11(16(10)15-9)8-4-2-1-3-5-8;1-2/h1-7H;1-2H3. The van der Waals surface area contributed by atoms with Crippen molar-refractivity contribution in [2.24, 2.45) is 0 Å². The second-order valence-corrected chi connectivity index (χ2v) is 3.70. The number of hydrogen-bond donors (Lipinski definition) is 0. The van der Waals surface area contributed by atoms with Crippen molar-refractivity contribution in [3.8, 4) is 11.4 Å². The van der Waals surface area contributed by atoms with Gasteiger partial charge in [-0.05, 0) is 12.1 Å². The number of rotatable bonds is 1. The molecule has 0 bridgehead atoms. The molecule has 0 spiro atoms. The molecule has 0 radical (unpaired) electrons. The van der Waals surface area contributed by atoms with Crippen LogP contribution in [0.5, 0.6) is 0 Å². The highest BCUT2D eigenvalue weighted by atomic mass is 35.5. The lowest BCUT2D eigenvalue weighted by Gasteiger charge is -1.98. The summed E-state index contributed by atoms with van der Waals surface area (Å²) in [6.45, 7) is 4.00. The molecule has 4 nitrogen and oxygen atoms in total. The fourth-order valence-corrected chi connectivity index (χ4v) is 1.67. The van der Waals surface area contributed by atoms with Gasteiger partial charge in [-0.1, -0.05) is 55.8 Å². The summed E-state index contributed by atoms with van der Waals surface area (Å²) in [5, 5.41) is 12.7. The van der Waals surface area contributed by atoms with E-state index in [0.29, 0.717) is 16.6 Å². The summed E-state index contributed by atoms with van der Waals surface area (Å²) in [5.41, 5.74) is 1.65. The van der Waals surface area contributed by atoms with E-state index in [1.165, 1.54) is 0 Å². The summed E-state index contributed by atoms with van der Waals surface area (Å²) < 4.78 is 1.64. The highest BCUT2D eigenvalue weighted by Gasteiger charge is 2.08. The molecule has 5 heteroatoms. The second-order valence-electron chi connectivity index (χ2n) is 3.32. The van der Waals surface area contributed by atoms with Crippen LogP contribution in [0.4, 0.5) is 0 Å². The van der Waals surface area contributed by atoms with E-state index in [-0.39, 0.29) is 0 Å². The van der Waals surface area contributed by atoms with Gasteiger partial charge < -0.3 is 0 Å². The van der Waals surface area contributed by atoms with Crippen LogP contribution in [0.2, 0.25) is 5.15 Å². The zero-order valence-corrected chi connectivity index (χ0v) is 11.0. The minimum Gasteiger partial charge on any atom is -0.191 e. The van der Waals surface area contributed by atoms with Gasteiger partial charge in [0.25, 0.3) is 0 Å². The summed E-state index contributed by atoms with van der Waals surface area (Å²) in [4.78, 5) is 0. The Balaban J connectivity index is 0.000000574. The zero-order chi connectivity index (χ0) is 13.0. The van der Waals surface area contributed by atoms with Crippen LogP contribution >= 0.6 is 11.6 Å². The van der Waals surface area contributed by atoms with E-state index in [4.69, 9.17) is 11.6 Å². The van der Waals surface area contributed by atoms with Crippen molar-refractivity contribution in [2.75, 3.05) is 0 Å². The average Bonchev–Trinajstić information content (AvgIpc) is 2.85. The molecule has 2 aromatic heterocycles. The average molecular weight is 261 g/mol. The van der Waals surface area contributed by atoms with Crippen molar-refractivity contribution in [3.63, 3.8) is 0 Å². The number of aromatic nitrogens is 4. The fraction of sp³-hybridized carbons (Fsp3) is 0.154. The zero-order valence-electron chi connectivity index (χ0n) is 10.2. The molecule has 0 fully saturated rings. The first-order chi connectivity index (χ1) is 8.84. The molecule has 0 aliphatic carbocycles. The van der Waals surface area contributed by atoms with Gasteiger partial charge in [0.2, 0.25) is 0 Å². The van der Waals surface area contributed by atoms with Crippen LogP contribution < -0.4 is 0 Å². The van der Waals surface area contributed by atoms with Gasteiger partial charge in [-0.25, -0.2) is 0 Å². The molecule has 92 valence electrons. The highest BCUT2D eigenvalue weighted by Crippen LogP contribution is 2.17. The van der Waals surface area contributed by atoms with Gasteiger partial charge in [0.1, 0.15) is 5.15 Å². The number of hydrogen-bond acceptors (Lipinski definition) is 3. The van der Waals surface area contributed by atoms with Gasteiger partial charge >= 0.3 is 0 Å². The van der Waals surface area contributed by atoms with Gasteiger partial charge in [-0.3, -0.25) is 0 Å². The number of nitrogens with zero attached hydrogens (tertiary/aromatic N) is 4. The lowest BCUT2D eigenvalue weighted by molar-refractivity contribution is 0.936. The second kappa shape index (κ2) is 5.60. The molecule has 3 rings (SSSR count). The van der Waals surface area contributed by atoms with Crippen LogP contribution in [0, 0.1) is 0 Å². The molecule has 18 heavy (non-hydrogen) atoms. The Labute approximate surface area is 110 Å². The quantitative estimate of drug-likeness (QED) is 0.673. The summed E-state index contributed by atoms with van der Waals surface area (Å²) in [7, 11) is 0. The van der Waals surface area contributed by atoms with Crippen molar-refractivity contribution in [1.82, 2.24) is 19.8 Å². The molecule has 0 atom stereocenters. The van der Waals surface area contributed by atoms with E-state index in [9.17, 15) is 0 Å². The Kier molecular flexibility index (Phi) is 3.89. The summed E-state index contributed by atoms with van der Waals surface area (Å²) in [5.74, 6) is 0.693. The predicted octanol–water partition coefficient (Wildman–Crippen LogP) is 3.47. The molecule has 0 saturated carbocycles. The Morgan fingerprint density at radius 2 is 1.67 bits per heavy atom. The van der Waals surface area contributed by atoms with Crippen molar-refractivity contribution in [2.45, 2.75) is 13.8 Å². The molecule has 0 unspecified atom stereocenters. The van der Waals surface area contributed by atoms with Crippen LogP contribution in [-0.4, -0.2) is 19.8 Å². The molecule has 1 aromatic carbocycles. The third-order valence-corrected chi connectivity index (χ3v) is 2.46. The van der Waals surface area contributed by atoms with Crippen LogP contribution in [-0.2, 0) is 0 Å². The maximum atomic E-state index is 5.85. The number of fused-ring (bicyclic) bond motifs is 1. The maximum Gasteiger partial charge on any atom is 0.185 e. The van der Waals surface area contributed by atoms with E-state index in [0.717, 1.165) is 5.56 Å². The molecule has 2 heterocycles. The molecular weight excluding hydrogens is 248 g/mol. The number of halogens is 1. The predicted molar refractivity (Wildman–Crippen MR) is 72.6 cm³/mol. The molecule has 0 aliphatic heterocycles. The van der Waals surface area contributed by atoms with E-state index in [1.54, 1.807) is 16.6 Å². The highest BCUT2D eigenvalue weighted by molar-refractivity contribution is 6.29. The smallest absolute Gasteiger partial charge is 0.185 e. The van der Waals surface area contributed by atoms with Crippen molar-refractivity contribution < 1.29 is 0 Å². The summed E-state index contributed by atoms with van der Waals surface area (Å²) >= 11 is 5.85. The monoisotopic (exact) mass is 260 g/mol. The molecule has 0 N–H and O–H groups in total. The maximum absolute atomic E-state index is 5.85. The van der Waals surface area contributed by atoms with Crippen LogP contribution in [0.15, 0.2) is 42.5 Å². The van der Waals surface area contributed by atoms with Gasteiger partial charge in [0, 0.05) is 5.56 Å². The Morgan fingerprint density at radius 1 is 0.944 bits per heavy atom. The normalized spacial score (nSPS) is 9.94. The summed E-state index contributed by atoms with van der Waals surface area (Å²) in [6, 6.07) is 13.2. The van der Waals surface area contributed by atoms with Crippen LogP contribution in [0.3, 0.4) is 0 Å². The number of benzene rings is 1. The van der Waals surface area contributed by atoms with E-state index in [1.807, 2.05) is 44.2 Å². The van der Waals surface area contributed by atoms with Crippen molar-refractivity contribution >= 4 is 17.2 Å². The lowest BCUT2D eigenvalue weighted by atomic mass is 10.2. The van der Waals surface area contributed by atoms with Gasteiger partial charge in [-0.2, -0.15) is 9.61 Å². The minimum absolute atomic E-state index is 0.421. The van der Waals surface area contributed by atoms with Crippen molar-refractivity contribution in [1.29, 1.82) is 0 Å². The van der Waals surface area contributed by atoms with Gasteiger partial charge in [0.05, 0.1) is 0 Å². The third-order valence-electron chi connectivity index (χ3n) is 2.26. The van der Waals surface area contributed by atoms with Crippen LogP contribution in [0.25, 0.3) is 17.0 Å². The van der Waals surface area contributed by atoms with Gasteiger partial charge in [0.15, 0.2) is 11.5 Å². The molecule has 0 amide bonds. The van der Waals surface area contributed by atoms with Crippen LogP contribution in [0.1, 0.15) is 13.8 Å². The molecule has 0 aliphatic rings. The van der Waals surface area contributed by atoms with E-state index in [2.05, 4.69) is 15.3 Å². The summed E-state index contributed by atoms with van der Waals surface area (Å²) in [6.07, 6.45) is 0. The fourth-order valence-electron chi connectivity index (χ4n) is 1.53. The molecule has 3 aromatic rings. The Hall–Kier alpha value is -1.94. The molecular formula is C13H13ClN4.